The molecule has 2 aromatic heterocycles. The average Bonchev–Trinajstić information content (AvgIpc) is 3.45. The lowest BCUT2D eigenvalue weighted by Crippen LogP contribution is -2.32. The second-order valence-corrected chi connectivity index (χ2v) is 7.25. The van der Waals surface area contributed by atoms with Crippen LogP contribution in [0.1, 0.15) is 54.8 Å². The molecule has 1 fully saturated rings. The van der Waals surface area contributed by atoms with Gasteiger partial charge in [-0.2, -0.15) is 13.2 Å². The Balaban J connectivity index is 0.00000256. The molecule has 0 spiro atoms. The molecule has 9 heteroatoms. The highest BCUT2D eigenvalue weighted by Crippen LogP contribution is 2.42. The van der Waals surface area contributed by atoms with E-state index in [2.05, 4.69) is 20.3 Å². The van der Waals surface area contributed by atoms with Crippen LogP contribution in [0.15, 0.2) is 30.6 Å². The number of carbonyl (C=O) groups excluding carboxylic acids is 1. The van der Waals surface area contributed by atoms with Crippen LogP contribution >= 0.6 is 0 Å². The Hall–Kier alpha value is -2.97. The molecule has 6 nitrogen and oxygen atoms in total. The molecular weight excluding hydrogens is 383 g/mol. The van der Waals surface area contributed by atoms with Crippen molar-refractivity contribution >= 4 is 16.9 Å². The predicted octanol–water partition coefficient (Wildman–Crippen LogP) is 4.30. The molecule has 1 amide bonds. The minimum atomic E-state index is -4.43. The number of hydrogen-bond acceptors (Lipinski definition) is 4. The van der Waals surface area contributed by atoms with E-state index in [1.54, 1.807) is 6.92 Å². The number of nitrogens with one attached hydrogen (secondary N) is 1. The zero-order valence-electron chi connectivity index (χ0n) is 16.0. The number of halogens is 3. The lowest BCUT2D eigenvalue weighted by atomic mass is 10.1. The Morgan fingerprint density at radius 1 is 1.31 bits per heavy atom. The summed E-state index contributed by atoms with van der Waals surface area (Å²) in [4.78, 5) is 25.4. The topological polar surface area (TPSA) is 72.7 Å². The van der Waals surface area contributed by atoms with Crippen LogP contribution in [0, 0.1) is 12.8 Å². The molecule has 1 aliphatic rings. The highest BCUT2D eigenvalue weighted by molar-refractivity contribution is 5.92. The summed E-state index contributed by atoms with van der Waals surface area (Å²) in [7, 11) is 0. The minimum Gasteiger partial charge on any atom is -0.340 e. The van der Waals surface area contributed by atoms with Gasteiger partial charge >= 0.3 is 6.18 Å². The summed E-state index contributed by atoms with van der Waals surface area (Å²) >= 11 is 0. The standard InChI is InChI=1S/C20H20F3N5O.H2/c1-3-28-16-7-6-13(20(21,22)23)8-14(16)26-18(28)17(12-4-5-12)27-19(29)15-10-24-11(2)9-25-15;/h6-10,12,17H,3-5H2,1-2H3,(H,27,29);1H/t17-;/m0./s1. The number of rotatable bonds is 5. The Kier molecular flexibility index (Phi) is 4.76. The average molecular weight is 405 g/mol. The van der Waals surface area contributed by atoms with Crippen molar-refractivity contribution in [3.8, 4) is 0 Å². The van der Waals surface area contributed by atoms with Crippen LogP contribution in [0.25, 0.3) is 11.0 Å². The molecule has 3 aromatic rings. The van der Waals surface area contributed by atoms with Gasteiger partial charge in [0, 0.05) is 14.2 Å². The van der Waals surface area contributed by atoms with E-state index in [-0.39, 0.29) is 24.5 Å². The fourth-order valence-electron chi connectivity index (χ4n) is 3.44. The first-order valence-corrected chi connectivity index (χ1v) is 9.45. The molecule has 1 N–H and O–H groups in total. The number of nitrogens with zero attached hydrogens (tertiary/aromatic N) is 4. The summed E-state index contributed by atoms with van der Waals surface area (Å²) in [5.41, 5.74) is 1.05. The van der Waals surface area contributed by atoms with Crippen LogP contribution in [0.5, 0.6) is 0 Å². The van der Waals surface area contributed by atoms with Gasteiger partial charge in [0.05, 0.1) is 34.5 Å². The first kappa shape index (κ1) is 19.4. The molecule has 0 aliphatic heterocycles. The molecule has 1 aromatic carbocycles. The van der Waals surface area contributed by atoms with Crippen molar-refractivity contribution < 1.29 is 19.4 Å². The molecular formula is C20H22F3N5O. The predicted molar refractivity (Wildman–Crippen MR) is 102 cm³/mol. The first-order chi connectivity index (χ1) is 13.8. The van der Waals surface area contributed by atoms with Gasteiger partial charge < -0.3 is 9.88 Å². The van der Waals surface area contributed by atoms with E-state index in [9.17, 15) is 18.0 Å². The van der Waals surface area contributed by atoms with Crippen LogP contribution in [0.4, 0.5) is 13.2 Å². The van der Waals surface area contributed by atoms with Gasteiger partial charge in [0.15, 0.2) is 0 Å². The van der Waals surface area contributed by atoms with Gasteiger partial charge in [0.25, 0.3) is 5.91 Å². The number of fused-ring (bicyclic) bond motifs is 1. The highest BCUT2D eigenvalue weighted by Gasteiger charge is 2.37. The summed E-state index contributed by atoms with van der Waals surface area (Å²) in [6.45, 7) is 4.21. The van der Waals surface area contributed by atoms with Crippen molar-refractivity contribution in [2.75, 3.05) is 0 Å². The number of amides is 1. The van der Waals surface area contributed by atoms with Gasteiger partial charge in [-0.3, -0.25) is 9.78 Å². The number of carbonyl (C=O) groups is 1. The molecule has 1 atom stereocenters. The Morgan fingerprint density at radius 2 is 2.07 bits per heavy atom. The van der Waals surface area contributed by atoms with E-state index in [4.69, 9.17) is 0 Å². The molecule has 1 saturated carbocycles. The summed E-state index contributed by atoms with van der Waals surface area (Å²) in [5.74, 6) is 0.388. The molecule has 0 radical (unpaired) electrons. The molecule has 1 aliphatic carbocycles. The maximum atomic E-state index is 13.1. The maximum Gasteiger partial charge on any atom is 0.416 e. The zero-order valence-corrected chi connectivity index (χ0v) is 16.0. The molecule has 29 heavy (non-hydrogen) atoms. The molecule has 0 saturated heterocycles. The van der Waals surface area contributed by atoms with E-state index in [1.165, 1.54) is 18.5 Å². The third kappa shape index (κ3) is 3.81. The van der Waals surface area contributed by atoms with Crippen molar-refractivity contribution in [1.29, 1.82) is 0 Å². The van der Waals surface area contributed by atoms with Gasteiger partial charge in [0.1, 0.15) is 11.5 Å². The van der Waals surface area contributed by atoms with E-state index >= 15 is 0 Å². The third-order valence-electron chi connectivity index (χ3n) is 5.09. The van der Waals surface area contributed by atoms with Crippen molar-refractivity contribution in [2.24, 2.45) is 5.92 Å². The van der Waals surface area contributed by atoms with Crippen LogP contribution in [-0.4, -0.2) is 25.4 Å². The second kappa shape index (κ2) is 7.13. The van der Waals surface area contributed by atoms with Crippen molar-refractivity contribution in [3.05, 3.63) is 53.4 Å². The molecule has 154 valence electrons. The van der Waals surface area contributed by atoms with Gasteiger partial charge in [-0.15, -0.1) is 0 Å². The maximum absolute atomic E-state index is 13.1. The number of aryl methyl sites for hydroxylation is 2. The number of hydrogen-bond donors (Lipinski definition) is 1. The number of imidazole rings is 1. The van der Waals surface area contributed by atoms with E-state index < -0.39 is 17.8 Å². The highest BCUT2D eigenvalue weighted by atomic mass is 19.4. The largest absolute Gasteiger partial charge is 0.416 e. The Labute approximate surface area is 166 Å². The van der Waals surface area contributed by atoms with Crippen LogP contribution < -0.4 is 5.32 Å². The van der Waals surface area contributed by atoms with Gasteiger partial charge in [-0.1, -0.05) is 0 Å². The van der Waals surface area contributed by atoms with Crippen molar-refractivity contribution in [1.82, 2.24) is 24.8 Å². The normalized spacial score (nSPS) is 15.5. The zero-order chi connectivity index (χ0) is 20.8. The summed E-state index contributed by atoms with van der Waals surface area (Å²) < 4.78 is 41.1. The number of benzene rings is 1. The van der Waals surface area contributed by atoms with Gasteiger partial charge in [0.2, 0.25) is 0 Å². The SMILES string of the molecule is CCn1c([C@@H](NC(=O)c2cnc(C)cn2)C2CC2)nc2cc(C(F)(F)F)ccc21.[HH]. The van der Waals surface area contributed by atoms with E-state index in [0.717, 1.165) is 25.0 Å². The summed E-state index contributed by atoms with van der Waals surface area (Å²) in [5, 5.41) is 2.96. The number of alkyl halides is 3. The second-order valence-electron chi connectivity index (χ2n) is 7.25. The lowest BCUT2D eigenvalue weighted by molar-refractivity contribution is -0.137. The van der Waals surface area contributed by atoms with Crippen molar-refractivity contribution in [3.63, 3.8) is 0 Å². The molecule has 0 bridgehead atoms. The van der Waals surface area contributed by atoms with Gasteiger partial charge in [-0.05, 0) is 50.8 Å². The van der Waals surface area contributed by atoms with Crippen LogP contribution in [0.3, 0.4) is 0 Å². The van der Waals surface area contributed by atoms with Crippen LogP contribution in [-0.2, 0) is 12.7 Å². The summed E-state index contributed by atoms with van der Waals surface area (Å²) in [6, 6.07) is 3.16. The first-order valence-electron chi connectivity index (χ1n) is 9.45. The minimum absolute atomic E-state index is 0. The van der Waals surface area contributed by atoms with Gasteiger partial charge in [-0.25, -0.2) is 9.97 Å². The third-order valence-corrected chi connectivity index (χ3v) is 5.09. The molecule has 0 unspecified atom stereocenters. The Morgan fingerprint density at radius 3 is 2.66 bits per heavy atom. The smallest absolute Gasteiger partial charge is 0.340 e. The molecule has 4 rings (SSSR count). The fourth-order valence-corrected chi connectivity index (χ4v) is 3.44. The van der Waals surface area contributed by atoms with E-state index in [0.29, 0.717) is 23.6 Å². The quantitative estimate of drug-likeness (QED) is 0.687. The number of aromatic nitrogens is 4. The molecule has 2 heterocycles. The van der Waals surface area contributed by atoms with Crippen molar-refractivity contribution in [2.45, 2.75) is 45.5 Å². The van der Waals surface area contributed by atoms with Crippen LogP contribution in [0.2, 0.25) is 0 Å². The lowest BCUT2D eigenvalue weighted by Gasteiger charge is -2.19. The monoisotopic (exact) mass is 405 g/mol. The summed E-state index contributed by atoms with van der Waals surface area (Å²) in [6.07, 6.45) is 0.336. The Bertz CT molecular complexity index is 1060. The van der Waals surface area contributed by atoms with E-state index in [1.807, 2.05) is 11.5 Å². The fraction of sp³-hybridized carbons (Fsp3) is 0.400.